The molecule has 0 unspecified atom stereocenters. The van der Waals surface area contributed by atoms with Crippen molar-refractivity contribution in [2.24, 2.45) is 0 Å². The summed E-state index contributed by atoms with van der Waals surface area (Å²) in [6.45, 7) is 1.51. The van der Waals surface area contributed by atoms with E-state index >= 15 is 0 Å². The number of oxazole rings is 1. The second-order valence-corrected chi connectivity index (χ2v) is 8.02. The van der Waals surface area contributed by atoms with Gasteiger partial charge in [-0.2, -0.15) is 0 Å². The first-order valence-corrected chi connectivity index (χ1v) is 10.2. The maximum Gasteiger partial charge on any atom is 0.256 e. The highest BCUT2D eigenvalue weighted by atomic mass is 16.3. The minimum atomic E-state index is 0.0438. The molecule has 0 radical (unpaired) electrons. The Balaban J connectivity index is 1.62. The molecule has 1 fully saturated rings. The summed E-state index contributed by atoms with van der Waals surface area (Å²) < 4.78 is 7.30. The first-order chi connectivity index (χ1) is 14.6. The van der Waals surface area contributed by atoms with Gasteiger partial charge in [0, 0.05) is 30.8 Å². The molecule has 5 rings (SSSR count). The van der Waals surface area contributed by atoms with Gasteiger partial charge in [0.25, 0.3) is 5.91 Å². The predicted molar refractivity (Wildman–Crippen MR) is 116 cm³/mol. The molecule has 1 atom stereocenters. The lowest BCUT2D eigenvalue weighted by Crippen LogP contribution is -2.34. The summed E-state index contributed by atoms with van der Waals surface area (Å²) in [6, 6.07) is 16.7. The average Bonchev–Trinajstić information content (AvgIpc) is 3.52. The van der Waals surface area contributed by atoms with Crippen molar-refractivity contribution in [3.8, 4) is 22.5 Å². The summed E-state index contributed by atoms with van der Waals surface area (Å²) in [5.74, 6) is 0.0438. The first-order valence-electron chi connectivity index (χ1n) is 10.2. The fourth-order valence-corrected chi connectivity index (χ4v) is 4.24. The molecule has 1 amide bonds. The van der Waals surface area contributed by atoms with E-state index in [0.29, 0.717) is 17.3 Å². The molecule has 1 saturated heterocycles. The molecule has 4 heterocycles. The lowest BCUT2D eigenvalue weighted by molar-refractivity contribution is 0.0784. The molecule has 0 aliphatic carbocycles. The molecule has 0 N–H and O–H groups in total. The number of carbonyl (C=O) groups excluding carboxylic acids is 1. The number of fused-ring (bicyclic) bond motifs is 1. The average molecular weight is 400 g/mol. The number of pyridine rings is 1. The van der Waals surface area contributed by atoms with Gasteiger partial charge >= 0.3 is 0 Å². The van der Waals surface area contributed by atoms with E-state index in [-0.39, 0.29) is 5.91 Å². The lowest BCUT2D eigenvalue weighted by atomic mass is 10.1. The predicted octanol–water partition coefficient (Wildman–Crippen LogP) is 4.04. The Bertz CT molecular complexity index is 1180. The number of hydrogen-bond donors (Lipinski definition) is 0. The first kappa shape index (κ1) is 18.6. The Morgan fingerprint density at radius 2 is 1.97 bits per heavy atom. The van der Waals surface area contributed by atoms with Crippen molar-refractivity contribution in [2.45, 2.75) is 12.5 Å². The third kappa shape index (κ3) is 3.19. The number of amides is 1. The Hall–Kier alpha value is -3.38. The summed E-state index contributed by atoms with van der Waals surface area (Å²) in [5, 5.41) is 0. The van der Waals surface area contributed by atoms with E-state index in [1.54, 1.807) is 6.26 Å². The van der Waals surface area contributed by atoms with E-state index in [1.165, 1.54) is 6.39 Å². The molecule has 1 aliphatic heterocycles. The summed E-state index contributed by atoms with van der Waals surface area (Å²) in [6.07, 6.45) is 6.06. The fraction of sp³-hybridized carbons (Fsp3) is 0.250. The number of nitrogens with zero attached hydrogens (tertiary/aromatic N) is 4. The van der Waals surface area contributed by atoms with Crippen LogP contribution in [0.3, 0.4) is 0 Å². The van der Waals surface area contributed by atoms with E-state index in [1.807, 2.05) is 33.6 Å². The van der Waals surface area contributed by atoms with Crippen LogP contribution in [0.15, 0.2) is 71.8 Å². The van der Waals surface area contributed by atoms with Gasteiger partial charge in [-0.1, -0.05) is 36.4 Å². The second-order valence-electron chi connectivity index (χ2n) is 8.02. The molecule has 0 spiro atoms. The minimum absolute atomic E-state index is 0.0438. The smallest absolute Gasteiger partial charge is 0.256 e. The number of likely N-dealkylation sites (N-methyl/N-ethyl adjacent to an activating group) is 1. The number of rotatable bonds is 4. The van der Waals surface area contributed by atoms with Crippen LogP contribution < -0.4 is 0 Å². The number of likely N-dealkylation sites (tertiary alicyclic amines) is 1. The number of aromatic nitrogens is 2. The maximum absolute atomic E-state index is 13.5. The third-order valence-electron chi connectivity index (χ3n) is 5.96. The molecule has 6 heteroatoms. The Kier molecular flexibility index (Phi) is 4.64. The van der Waals surface area contributed by atoms with E-state index in [4.69, 9.17) is 4.42 Å². The van der Waals surface area contributed by atoms with Crippen LogP contribution in [-0.2, 0) is 0 Å². The third-order valence-corrected chi connectivity index (χ3v) is 5.96. The number of benzene rings is 1. The van der Waals surface area contributed by atoms with E-state index in [9.17, 15) is 4.79 Å². The molecule has 3 aromatic heterocycles. The van der Waals surface area contributed by atoms with Crippen molar-refractivity contribution in [3.05, 3.63) is 72.9 Å². The van der Waals surface area contributed by atoms with Crippen LogP contribution in [0.2, 0.25) is 0 Å². The molecule has 30 heavy (non-hydrogen) atoms. The molecule has 4 aromatic rings. The standard InChI is InChI=1S/C24H24N4O2/c1-26(2)20-10-11-27(14-20)24(29)21-12-19-9-8-18(17-6-4-3-5-7-17)13-28(19)23(21)22-15-30-16-25-22/h3-9,12-13,15-16,20H,10-11,14H2,1-2H3/t20-/m0/s1. The zero-order chi connectivity index (χ0) is 20.7. The number of hydrogen-bond acceptors (Lipinski definition) is 4. The van der Waals surface area contributed by atoms with Crippen molar-refractivity contribution in [1.29, 1.82) is 0 Å². The maximum atomic E-state index is 13.5. The lowest BCUT2D eigenvalue weighted by Gasteiger charge is -2.20. The Morgan fingerprint density at radius 1 is 1.13 bits per heavy atom. The van der Waals surface area contributed by atoms with Gasteiger partial charge in [-0.3, -0.25) is 4.79 Å². The summed E-state index contributed by atoms with van der Waals surface area (Å²) >= 11 is 0. The van der Waals surface area contributed by atoms with Gasteiger partial charge in [-0.25, -0.2) is 4.98 Å². The SMILES string of the molecule is CN(C)[C@H]1CCN(C(=O)c2cc3ccc(-c4ccccc4)cn3c2-c2cocn2)C1. The topological polar surface area (TPSA) is 54.0 Å². The molecule has 1 aromatic carbocycles. The molecule has 6 nitrogen and oxygen atoms in total. The van der Waals surface area contributed by atoms with Gasteiger partial charge in [0.2, 0.25) is 0 Å². The molecule has 152 valence electrons. The van der Waals surface area contributed by atoms with Crippen LogP contribution in [-0.4, -0.2) is 58.3 Å². The van der Waals surface area contributed by atoms with Crippen LogP contribution in [0.25, 0.3) is 28.0 Å². The van der Waals surface area contributed by atoms with Crippen LogP contribution >= 0.6 is 0 Å². The van der Waals surface area contributed by atoms with Crippen molar-refractivity contribution >= 4 is 11.4 Å². The summed E-state index contributed by atoms with van der Waals surface area (Å²) in [7, 11) is 4.13. The monoisotopic (exact) mass is 400 g/mol. The van der Waals surface area contributed by atoms with Gasteiger partial charge in [0.1, 0.15) is 12.0 Å². The van der Waals surface area contributed by atoms with Crippen molar-refractivity contribution < 1.29 is 9.21 Å². The van der Waals surface area contributed by atoms with Crippen LogP contribution in [0, 0.1) is 0 Å². The fourth-order valence-electron chi connectivity index (χ4n) is 4.24. The summed E-state index contributed by atoms with van der Waals surface area (Å²) in [4.78, 5) is 22.0. The van der Waals surface area contributed by atoms with Gasteiger partial charge < -0.3 is 18.6 Å². The molecular weight excluding hydrogens is 376 g/mol. The summed E-state index contributed by atoms with van der Waals surface area (Å²) in [5.41, 5.74) is 5.26. The molecule has 0 saturated carbocycles. The highest BCUT2D eigenvalue weighted by Gasteiger charge is 2.31. The second kappa shape index (κ2) is 7.46. The largest absolute Gasteiger partial charge is 0.451 e. The number of carbonyl (C=O) groups is 1. The Morgan fingerprint density at radius 3 is 2.67 bits per heavy atom. The van der Waals surface area contributed by atoms with Crippen LogP contribution in [0.5, 0.6) is 0 Å². The van der Waals surface area contributed by atoms with Crippen LogP contribution in [0.1, 0.15) is 16.8 Å². The highest BCUT2D eigenvalue weighted by molar-refractivity contribution is 6.02. The molecule has 1 aliphatic rings. The quantitative estimate of drug-likeness (QED) is 0.519. The van der Waals surface area contributed by atoms with Gasteiger partial charge in [0.15, 0.2) is 6.39 Å². The van der Waals surface area contributed by atoms with Gasteiger partial charge in [0.05, 0.1) is 11.3 Å². The van der Waals surface area contributed by atoms with Gasteiger partial charge in [-0.15, -0.1) is 0 Å². The molecular formula is C24H24N4O2. The Labute approximate surface area is 175 Å². The zero-order valence-electron chi connectivity index (χ0n) is 17.2. The molecule has 0 bridgehead atoms. The van der Waals surface area contributed by atoms with Crippen molar-refractivity contribution in [1.82, 2.24) is 19.2 Å². The minimum Gasteiger partial charge on any atom is -0.451 e. The van der Waals surface area contributed by atoms with Gasteiger partial charge in [-0.05, 0) is 43.8 Å². The van der Waals surface area contributed by atoms with Crippen molar-refractivity contribution in [3.63, 3.8) is 0 Å². The van der Waals surface area contributed by atoms with E-state index in [0.717, 1.165) is 41.8 Å². The normalized spacial score (nSPS) is 16.6. The van der Waals surface area contributed by atoms with E-state index in [2.05, 4.69) is 54.4 Å². The van der Waals surface area contributed by atoms with Crippen molar-refractivity contribution in [2.75, 3.05) is 27.2 Å². The zero-order valence-corrected chi connectivity index (χ0v) is 17.2. The van der Waals surface area contributed by atoms with Crippen LogP contribution in [0.4, 0.5) is 0 Å². The highest BCUT2D eigenvalue weighted by Crippen LogP contribution is 2.31. The van der Waals surface area contributed by atoms with E-state index < -0.39 is 0 Å².